The Morgan fingerprint density at radius 2 is 1.89 bits per heavy atom. The number of Topliss-reactive ketones (excluding diaryl/α,β-unsaturated/α-hetero) is 1. The minimum atomic E-state index is -1.98. The van der Waals surface area contributed by atoms with Crippen LogP contribution in [0.4, 0.5) is 9.18 Å². The summed E-state index contributed by atoms with van der Waals surface area (Å²) in [5.41, 5.74) is -2.58. The Bertz CT molecular complexity index is 401. The lowest BCUT2D eigenvalue weighted by Gasteiger charge is -2.35. The van der Waals surface area contributed by atoms with Crippen LogP contribution in [0.25, 0.3) is 0 Å². The van der Waals surface area contributed by atoms with Gasteiger partial charge in [0.1, 0.15) is 5.60 Å². The van der Waals surface area contributed by atoms with E-state index in [0.717, 1.165) is 0 Å². The number of hydrogen-bond acceptors (Lipinski definition) is 4. The van der Waals surface area contributed by atoms with Crippen LogP contribution in [0.15, 0.2) is 0 Å². The molecule has 0 aromatic carbocycles. The first-order valence-electron chi connectivity index (χ1n) is 6.25. The van der Waals surface area contributed by atoms with Crippen LogP contribution in [0, 0.1) is 11.3 Å². The normalized spacial score (nSPS) is 18.6. The second-order valence-corrected chi connectivity index (χ2v) is 5.69. The van der Waals surface area contributed by atoms with E-state index in [9.17, 15) is 14.0 Å². The molecule has 0 N–H and O–H groups in total. The average molecular weight is 270 g/mol. The highest BCUT2D eigenvalue weighted by molar-refractivity contribution is 5.89. The number of amides is 1. The van der Waals surface area contributed by atoms with Gasteiger partial charge in [0.2, 0.25) is 0 Å². The molecule has 1 fully saturated rings. The van der Waals surface area contributed by atoms with Gasteiger partial charge >= 0.3 is 6.09 Å². The van der Waals surface area contributed by atoms with Crippen molar-refractivity contribution in [1.82, 2.24) is 4.90 Å². The largest absolute Gasteiger partial charge is 0.444 e. The highest BCUT2D eigenvalue weighted by atomic mass is 19.1. The number of carbonyl (C=O) groups is 2. The van der Waals surface area contributed by atoms with Crippen LogP contribution in [0.2, 0.25) is 0 Å². The summed E-state index contributed by atoms with van der Waals surface area (Å²) < 4.78 is 19.4. The lowest BCUT2D eigenvalue weighted by Crippen LogP contribution is -2.49. The zero-order chi connectivity index (χ0) is 14.7. The van der Waals surface area contributed by atoms with Gasteiger partial charge in [0.25, 0.3) is 0 Å². The van der Waals surface area contributed by atoms with E-state index in [0.29, 0.717) is 0 Å². The number of alkyl halides is 1. The van der Waals surface area contributed by atoms with Gasteiger partial charge in [-0.05, 0) is 20.8 Å². The van der Waals surface area contributed by atoms with E-state index in [1.165, 1.54) is 4.90 Å². The molecule has 106 valence electrons. The molecule has 0 saturated carbocycles. The second kappa shape index (κ2) is 5.55. The molecule has 0 aromatic heterocycles. The molecule has 0 atom stereocenters. The summed E-state index contributed by atoms with van der Waals surface area (Å²) >= 11 is 0. The Kier molecular flexibility index (Phi) is 4.51. The molecule has 1 aliphatic heterocycles. The lowest BCUT2D eigenvalue weighted by molar-refractivity contribution is -0.132. The van der Waals surface area contributed by atoms with Crippen LogP contribution in [-0.4, -0.2) is 41.1 Å². The van der Waals surface area contributed by atoms with Crippen molar-refractivity contribution in [3.8, 4) is 6.07 Å². The molecular formula is C13H19FN2O3. The summed E-state index contributed by atoms with van der Waals surface area (Å²) in [6, 6.07) is 1.66. The van der Waals surface area contributed by atoms with Crippen molar-refractivity contribution < 1.29 is 18.7 Å². The Balaban J connectivity index is 2.56. The van der Waals surface area contributed by atoms with Gasteiger partial charge in [-0.2, -0.15) is 5.26 Å². The third-order valence-corrected chi connectivity index (χ3v) is 2.95. The predicted octanol–water partition coefficient (Wildman–Crippen LogP) is 2.21. The molecule has 1 rings (SSSR count). The minimum Gasteiger partial charge on any atom is -0.444 e. The van der Waals surface area contributed by atoms with Crippen LogP contribution in [-0.2, 0) is 9.53 Å². The monoisotopic (exact) mass is 270 g/mol. The molecule has 0 aliphatic carbocycles. The SMILES string of the molecule is CC(C)(C)OC(=O)N1CCC(F)(C(=O)CC#N)CC1. The summed E-state index contributed by atoms with van der Waals surface area (Å²) in [5, 5.41) is 8.43. The topological polar surface area (TPSA) is 70.4 Å². The number of nitrogens with zero attached hydrogens (tertiary/aromatic N) is 2. The molecule has 1 heterocycles. The lowest BCUT2D eigenvalue weighted by atomic mass is 9.88. The Hall–Kier alpha value is -1.64. The summed E-state index contributed by atoms with van der Waals surface area (Å²) in [5.74, 6) is -0.696. The average Bonchev–Trinajstić information content (AvgIpc) is 2.27. The van der Waals surface area contributed by atoms with Crippen molar-refractivity contribution in [3.05, 3.63) is 0 Å². The molecule has 0 unspecified atom stereocenters. The number of piperidine rings is 1. The molecule has 1 aliphatic rings. The van der Waals surface area contributed by atoms with E-state index >= 15 is 0 Å². The number of likely N-dealkylation sites (tertiary alicyclic amines) is 1. The fourth-order valence-corrected chi connectivity index (χ4v) is 1.88. The number of ether oxygens (including phenoxy) is 1. The molecule has 1 amide bonds. The first-order chi connectivity index (χ1) is 8.68. The Morgan fingerprint density at radius 1 is 1.37 bits per heavy atom. The number of halogens is 1. The van der Waals surface area contributed by atoms with Gasteiger partial charge in [0.05, 0.1) is 12.5 Å². The minimum absolute atomic E-state index is 0.0766. The zero-order valence-corrected chi connectivity index (χ0v) is 11.5. The fourth-order valence-electron chi connectivity index (χ4n) is 1.88. The van der Waals surface area contributed by atoms with E-state index in [1.807, 2.05) is 0 Å². The smallest absolute Gasteiger partial charge is 0.410 e. The van der Waals surface area contributed by atoms with Crippen LogP contribution < -0.4 is 0 Å². The molecule has 0 bridgehead atoms. The molecular weight excluding hydrogens is 251 g/mol. The zero-order valence-electron chi connectivity index (χ0n) is 11.5. The molecule has 19 heavy (non-hydrogen) atoms. The summed E-state index contributed by atoms with van der Waals surface area (Å²) in [4.78, 5) is 24.6. The number of rotatable bonds is 2. The van der Waals surface area contributed by atoms with Crippen molar-refractivity contribution in [2.24, 2.45) is 0 Å². The van der Waals surface area contributed by atoms with Gasteiger partial charge in [0.15, 0.2) is 11.5 Å². The maximum Gasteiger partial charge on any atom is 0.410 e. The van der Waals surface area contributed by atoms with E-state index < -0.39 is 29.6 Å². The molecule has 6 heteroatoms. The number of ketones is 1. The molecule has 0 radical (unpaired) electrons. The fraction of sp³-hybridized carbons (Fsp3) is 0.769. The Labute approximate surface area is 112 Å². The second-order valence-electron chi connectivity index (χ2n) is 5.69. The van der Waals surface area contributed by atoms with Gasteiger partial charge in [-0.1, -0.05) is 0 Å². The summed E-state index contributed by atoms with van der Waals surface area (Å²) in [6.45, 7) is 5.52. The standard InChI is InChI=1S/C13H19FN2O3/c1-12(2,3)19-11(18)16-8-5-13(14,6-9-16)10(17)4-7-15/h4-6,8-9H2,1-3H3. The van der Waals surface area contributed by atoms with Gasteiger partial charge in [0, 0.05) is 25.9 Å². The van der Waals surface area contributed by atoms with Crippen molar-refractivity contribution in [1.29, 1.82) is 5.26 Å². The van der Waals surface area contributed by atoms with E-state index in [1.54, 1.807) is 26.8 Å². The van der Waals surface area contributed by atoms with Crippen LogP contribution in [0.1, 0.15) is 40.0 Å². The van der Waals surface area contributed by atoms with E-state index in [-0.39, 0.29) is 25.9 Å². The maximum atomic E-state index is 14.2. The van der Waals surface area contributed by atoms with Crippen molar-refractivity contribution >= 4 is 11.9 Å². The van der Waals surface area contributed by atoms with E-state index in [4.69, 9.17) is 10.00 Å². The number of carbonyl (C=O) groups excluding carboxylic acids is 2. The molecule has 0 spiro atoms. The summed E-state index contributed by atoms with van der Waals surface area (Å²) in [6.07, 6.45) is -1.08. The molecule has 0 aromatic rings. The third-order valence-electron chi connectivity index (χ3n) is 2.95. The van der Waals surface area contributed by atoms with Gasteiger partial charge in [-0.3, -0.25) is 4.79 Å². The predicted molar refractivity (Wildman–Crippen MR) is 66.1 cm³/mol. The number of hydrogen-bond donors (Lipinski definition) is 0. The first-order valence-corrected chi connectivity index (χ1v) is 6.25. The third kappa shape index (κ3) is 4.19. The van der Waals surface area contributed by atoms with E-state index in [2.05, 4.69) is 0 Å². The van der Waals surface area contributed by atoms with Crippen LogP contribution in [0.3, 0.4) is 0 Å². The van der Waals surface area contributed by atoms with Crippen LogP contribution >= 0.6 is 0 Å². The first kappa shape index (κ1) is 15.4. The van der Waals surface area contributed by atoms with Gasteiger partial charge in [-0.25, -0.2) is 9.18 Å². The highest BCUT2D eigenvalue weighted by Gasteiger charge is 2.42. The van der Waals surface area contributed by atoms with Crippen molar-refractivity contribution in [2.75, 3.05) is 13.1 Å². The molecule has 5 nitrogen and oxygen atoms in total. The van der Waals surface area contributed by atoms with Gasteiger partial charge in [-0.15, -0.1) is 0 Å². The van der Waals surface area contributed by atoms with Gasteiger partial charge < -0.3 is 9.64 Å². The summed E-state index contributed by atoms with van der Waals surface area (Å²) in [7, 11) is 0. The maximum absolute atomic E-state index is 14.2. The van der Waals surface area contributed by atoms with Crippen LogP contribution in [0.5, 0.6) is 0 Å². The quantitative estimate of drug-likeness (QED) is 0.771. The molecule has 1 saturated heterocycles. The number of nitriles is 1. The van der Waals surface area contributed by atoms with Crippen molar-refractivity contribution in [2.45, 2.75) is 51.3 Å². The van der Waals surface area contributed by atoms with Crippen molar-refractivity contribution in [3.63, 3.8) is 0 Å². The Morgan fingerprint density at radius 3 is 2.32 bits per heavy atom. The highest BCUT2D eigenvalue weighted by Crippen LogP contribution is 2.29.